The van der Waals surface area contributed by atoms with Crippen LogP contribution in [0.1, 0.15) is 58.3 Å². The third-order valence-electron chi connectivity index (χ3n) is 4.37. The Labute approximate surface area is 119 Å². The van der Waals surface area contributed by atoms with Gasteiger partial charge in [0, 0.05) is 12.8 Å². The maximum Gasteiger partial charge on any atom is 0.326 e. The minimum atomic E-state index is -0.484. The molecule has 0 aromatic carbocycles. The van der Waals surface area contributed by atoms with Gasteiger partial charge < -0.3 is 4.74 Å². The summed E-state index contributed by atoms with van der Waals surface area (Å²) in [4.78, 5) is 37.0. The van der Waals surface area contributed by atoms with Crippen molar-refractivity contribution < 1.29 is 19.1 Å². The van der Waals surface area contributed by atoms with Crippen molar-refractivity contribution in [3.63, 3.8) is 0 Å². The van der Waals surface area contributed by atoms with Gasteiger partial charge in [0.15, 0.2) is 0 Å². The first-order valence-electron chi connectivity index (χ1n) is 7.55. The number of piperidine rings is 1. The number of imide groups is 1. The highest BCUT2D eigenvalue weighted by Crippen LogP contribution is 2.46. The Balaban J connectivity index is 1.88. The first-order chi connectivity index (χ1) is 9.56. The van der Waals surface area contributed by atoms with Gasteiger partial charge in [-0.15, -0.1) is 0 Å². The largest absolute Gasteiger partial charge is 0.464 e. The molecule has 1 aliphatic carbocycles. The zero-order valence-corrected chi connectivity index (χ0v) is 12.2. The molecule has 2 amide bonds. The molecule has 0 atom stereocenters. The lowest BCUT2D eigenvalue weighted by molar-refractivity contribution is -0.161. The van der Waals surface area contributed by atoms with Crippen molar-refractivity contribution in [1.29, 1.82) is 0 Å². The molecule has 1 aliphatic heterocycles. The molecule has 2 aliphatic rings. The molecule has 0 N–H and O–H groups in total. The van der Waals surface area contributed by atoms with Gasteiger partial charge in [-0.1, -0.05) is 26.2 Å². The van der Waals surface area contributed by atoms with Crippen LogP contribution >= 0.6 is 0 Å². The minimum absolute atomic E-state index is 0.114. The Morgan fingerprint density at radius 3 is 2.35 bits per heavy atom. The Hall–Kier alpha value is -1.39. The van der Waals surface area contributed by atoms with Crippen LogP contribution in [0.4, 0.5) is 0 Å². The van der Waals surface area contributed by atoms with Crippen molar-refractivity contribution in [2.45, 2.75) is 58.3 Å². The van der Waals surface area contributed by atoms with Crippen LogP contribution in [0.25, 0.3) is 0 Å². The summed E-state index contributed by atoms with van der Waals surface area (Å²) < 4.78 is 5.01. The number of likely N-dealkylation sites (tertiary alicyclic amines) is 1. The zero-order valence-electron chi connectivity index (χ0n) is 12.2. The van der Waals surface area contributed by atoms with Crippen molar-refractivity contribution in [1.82, 2.24) is 4.90 Å². The molecule has 1 saturated carbocycles. The van der Waals surface area contributed by atoms with Gasteiger partial charge >= 0.3 is 5.97 Å². The van der Waals surface area contributed by atoms with Gasteiger partial charge in [0.25, 0.3) is 0 Å². The van der Waals surface area contributed by atoms with E-state index in [0.29, 0.717) is 19.4 Å². The molecule has 112 valence electrons. The lowest BCUT2D eigenvalue weighted by Gasteiger charge is -2.36. The van der Waals surface area contributed by atoms with Crippen molar-refractivity contribution in [3.8, 4) is 0 Å². The summed E-state index contributed by atoms with van der Waals surface area (Å²) in [5.41, 5.74) is -0.114. The molecule has 0 radical (unpaired) electrons. The standard InChI is InChI=1S/C15H23NO4/c1-2-3-8-20-14(19)11-16-12(17)9-15(10-13(16)18)6-4-5-7-15/h2-11H2,1H3. The zero-order chi connectivity index (χ0) is 14.6. The van der Waals surface area contributed by atoms with E-state index in [1.807, 2.05) is 6.92 Å². The lowest BCUT2D eigenvalue weighted by atomic mass is 9.76. The van der Waals surface area contributed by atoms with Crippen LogP contribution in [-0.4, -0.2) is 35.8 Å². The van der Waals surface area contributed by atoms with Crippen molar-refractivity contribution in [2.75, 3.05) is 13.2 Å². The van der Waals surface area contributed by atoms with E-state index in [0.717, 1.165) is 43.4 Å². The van der Waals surface area contributed by atoms with E-state index in [1.54, 1.807) is 0 Å². The number of unbranched alkanes of at least 4 members (excludes halogenated alkanes) is 1. The van der Waals surface area contributed by atoms with E-state index in [-0.39, 0.29) is 23.8 Å². The van der Waals surface area contributed by atoms with E-state index >= 15 is 0 Å². The molecule has 2 fully saturated rings. The fourth-order valence-corrected chi connectivity index (χ4v) is 3.19. The summed E-state index contributed by atoms with van der Waals surface area (Å²) >= 11 is 0. The number of carbonyl (C=O) groups is 3. The Morgan fingerprint density at radius 1 is 1.20 bits per heavy atom. The molecule has 1 spiro atoms. The molecular formula is C15H23NO4. The van der Waals surface area contributed by atoms with E-state index in [4.69, 9.17) is 4.74 Å². The van der Waals surface area contributed by atoms with E-state index in [1.165, 1.54) is 0 Å². The van der Waals surface area contributed by atoms with Gasteiger partial charge in [0.05, 0.1) is 6.61 Å². The quantitative estimate of drug-likeness (QED) is 0.439. The van der Waals surface area contributed by atoms with Crippen LogP contribution in [0.15, 0.2) is 0 Å². The predicted octanol–water partition coefficient (Wildman–Crippen LogP) is 2.04. The molecule has 2 rings (SSSR count). The molecular weight excluding hydrogens is 258 g/mol. The molecule has 0 bridgehead atoms. The first kappa shape index (κ1) is 15.0. The van der Waals surface area contributed by atoms with E-state index in [2.05, 4.69) is 0 Å². The molecule has 20 heavy (non-hydrogen) atoms. The van der Waals surface area contributed by atoms with Crippen LogP contribution in [-0.2, 0) is 19.1 Å². The summed E-state index contributed by atoms with van der Waals surface area (Å²) in [5, 5.41) is 0. The Morgan fingerprint density at radius 2 is 1.80 bits per heavy atom. The van der Waals surface area contributed by atoms with Crippen LogP contribution < -0.4 is 0 Å². The number of nitrogens with zero attached hydrogens (tertiary/aromatic N) is 1. The number of hydrogen-bond acceptors (Lipinski definition) is 4. The molecule has 1 heterocycles. The van der Waals surface area contributed by atoms with Crippen molar-refractivity contribution in [3.05, 3.63) is 0 Å². The Kier molecular flexibility index (Phi) is 4.78. The number of carbonyl (C=O) groups excluding carboxylic acids is 3. The number of hydrogen-bond donors (Lipinski definition) is 0. The minimum Gasteiger partial charge on any atom is -0.464 e. The van der Waals surface area contributed by atoms with Gasteiger partial charge in [-0.05, 0) is 24.7 Å². The topological polar surface area (TPSA) is 63.7 Å². The van der Waals surface area contributed by atoms with Crippen LogP contribution in [0, 0.1) is 5.41 Å². The molecule has 0 unspecified atom stereocenters. The van der Waals surface area contributed by atoms with Crippen LogP contribution in [0.3, 0.4) is 0 Å². The fraction of sp³-hybridized carbons (Fsp3) is 0.800. The normalized spacial score (nSPS) is 21.6. The SMILES string of the molecule is CCCCOC(=O)CN1C(=O)CC2(CCCC2)CC1=O. The third-order valence-corrected chi connectivity index (χ3v) is 4.37. The molecule has 0 aromatic heterocycles. The average Bonchev–Trinajstić information content (AvgIpc) is 2.82. The van der Waals surface area contributed by atoms with Gasteiger partial charge in [-0.2, -0.15) is 0 Å². The first-order valence-corrected chi connectivity index (χ1v) is 7.55. The molecule has 5 nitrogen and oxygen atoms in total. The van der Waals surface area contributed by atoms with Crippen LogP contribution in [0.2, 0.25) is 0 Å². The van der Waals surface area contributed by atoms with Gasteiger partial charge in [0.1, 0.15) is 6.54 Å². The second kappa shape index (κ2) is 6.37. The summed E-state index contributed by atoms with van der Waals surface area (Å²) in [6.07, 6.45) is 6.66. The smallest absolute Gasteiger partial charge is 0.326 e. The van der Waals surface area contributed by atoms with Crippen molar-refractivity contribution >= 4 is 17.8 Å². The van der Waals surface area contributed by atoms with Gasteiger partial charge in [-0.3, -0.25) is 19.3 Å². The average molecular weight is 281 g/mol. The summed E-state index contributed by atoms with van der Waals surface area (Å²) in [6.45, 7) is 2.14. The fourth-order valence-electron chi connectivity index (χ4n) is 3.19. The molecule has 0 aromatic rings. The predicted molar refractivity (Wildman–Crippen MR) is 72.7 cm³/mol. The second-order valence-corrected chi connectivity index (χ2v) is 6.01. The number of ether oxygens (including phenoxy) is 1. The highest BCUT2D eigenvalue weighted by Gasteiger charge is 2.45. The maximum absolute atomic E-state index is 12.1. The Bertz CT molecular complexity index is 379. The van der Waals surface area contributed by atoms with Gasteiger partial charge in [0.2, 0.25) is 11.8 Å². The third kappa shape index (κ3) is 3.38. The van der Waals surface area contributed by atoms with Crippen molar-refractivity contribution in [2.24, 2.45) is 5.41 Å². The highest BCUT2D eigenvalue weighted by molar-refractivity contribution is 6.01. The van der Waals surface area contributed by atoms with Gasteiger partial charge in [-0.25, -0.2) is 0 Å². The van der Waals surface area contributed by atoms with E-state index in [9.17, 15) is 14.4 Å². The number of rotatable bonds is 5. The number of amides is 2. The summed E-state index contributed by atoms with van der Waals surface area (Å²) in [5.74, 6) is -0.909. The van der Waals surface area contributed by atoms with E-state index < -0.39 is 5.97 Å². The molecule has 1 saturated heterocycles. The van der Waals surface area contributed by atoms with Crippen LogP contribution in [0.5, 0.6) is 0 Å². The molecule has 5 heteroatoms. The number of esters is 1. The summed E-state index contributed by atoms with van der Waals surface area (Å²) in [7, 11) is 0. The second-order valence-electron chi connectivity index (χ2n) is 6.01. The lowest BCUT2D eigenvalue weighted by Crippen LogP contribution is -2.49. The monoisotopic (exact) mass is 281 g/mol. The summed E-state index contributed by atoms with van der Waals surface area (Å²) in [6, 6.07) is 0. The highest BCUT2D eigenvalue weighted by atomic mass is 16.5. The maximum atomic E-state index is 12.1.